The van der Waals surface area contributed by atoms with E-state index in [0.717, 1.165) is 12.0 Å². The van der Waals surface area contributed by atoms with Crippen LogP contribution in [-0.4, -0.2) is 24.9 Å². The molecule has 19 heavy (non-hydrogen) atoms. The Morgan fingerprint density at radius 3 is 2.47 bits per heavy atom. The lowest BCUT2D eigenvalue weighted by molar-refractivity contribution is -0.0162. The molecule has 0 aliphatic rings. The Bertz CT molecular complexity index is 400. The van der Waals surface area contributed by atoms with Crippen molar-refractivity contribution in [2.45, 2.75) is 45.8 Å². The van der Waals surface area contributed by atoms with E-state index in [1.165, 1.54) is 0 Å². The second kappa shape index (κ2) is 7.13. The Morgan fingerprint density at radius 2 is 1.95 bits per heavy atom. The van der Waals surface area contributed by atoms with E-state index in [2.05, 4.69) is 0 Å². The van der Waals surface area contributed by atoms with Gasteiger partial charge in [-0.15, -0.1) is 0 Å². The molecule has 3 nitrogen and oxygen atoms in total. The van der Waals surface area contributed by atoms with E-state index in [-0.39, 0.29) is 11.6 Å². The Morgan fingerprint density at radius 1 is 1.26 bits per heavy atom. The third-order valence-corrected chi connectivity index (χ3v) is 2.73. The summed E-state index contributed by atoms with van der Waals surface area (Å²) in [6.07, 6.45) is 0.813. The van der Waals surface area contributed by atoms with Crippen LogP contribution in [0.4, 0.5) is 0 Å². The van der Waals surface area contributed by atoms with Gasteiger partial charge in [0.05, 0.1) is 17.2 Å². The van der Waals surface area contributed by atoms with Crippen molar-refractivity contribution in [1.82, 2.24) is 0 Å². The minimum absolute atomic E-state index is 0.128. The topological polar surface area (TPSA) is 44.5 Å². The Balaban J connectivity index is 2.46. The van der Waals surface area contributed by atoms with Crippen molar-refractivity contribution in [2.24, 2.45) is 5.73 Å². The average Bonchev–Trinajstić information content (AvgIpc) is 2.24. The van der Waals surface area contributed by atoms with Crippen LogP contribution in [0.25, 0.3) is 0 Å². The summed E-state index contributed by atoms with van der Waals surface area (Å²) in [7, 11) is 0. The smallest absolute Gasteiger partial charge is 0.138 e. The minimum atomic E-state index is -0.145. The molecule has 0 aromatic heterocycles. The van der Waals surface area contributed by atoms with Gasteiger partial charge in [-0.05, 0) is 51.8 Å². The fourth-order valence-corrected chi connectivity index (χ4v) is 1.92. The summed E-state index contributed by atoms with van der Waals surface area (Å²) in [6.45, 7) is 9.06. The maximum absolute atomic E-state index is 6.18. The molecular formula is C15H24ClNO2. The molecule has 2 N–H and O–H groups in total. The fraction of sp³-hybridized carbons (Fsp3) is 0.600. The molecule has 0 aliphatic heterocycles. The summed E-state index contributed by atoms with van der Waals surface area (Å²) in [5.41, 5.74) is 6.74. The van der Waals surface area contributed by atoms with Crippen molar-refractivity contribution in [2.75, 3.05) is 13.2 Å². The van der Waals surface area contributed by atoms with Crippen molar-refractivity contribution in [1.29, 1.82) is 0 Å². The van der Waals surface area contributed by atoms with Crippen LogP contribution in [0, 0.1) is 0 Å². The number of ether oxygens (including phenoxy) is 2. The van der Waals surface area contributed by atoms with E-state index in [9.17, 15) is 0 Å². The van der Waals surface area contributed by atoms with E-state index in [4.69, 9.17) is 26.8 Å². The number of hydrogen-bond acceptors (Lipinski definition) is 3. The van der Waals surface area contributed by atoms with Gasteiger partial charge in [-0.25, -0.2) is 0 Å². The molecule has 1 aromatic carbocycles. The first-order valence-electron chi connectivity index (χ1n) is 6.59. The van der Waals surface area contributed by atoms with Gasteiger partial charge in [-0.3, -0.25) is 0 Å². The Kier molecular flexibility index (Phi) is 6.11. The highest BCUT2D eigenvalue weighted by atomic mass is 35.5. The van der Waals surface area contributed by atoms with Crippen LogP contribution in [0.2, 0.25) is 5.02 Å². The normalized spacial score (nSPS) is 13.4. The largest absolute Gasteiger partial charge is 0.490 e. The van der Waals surface area contributed by atoms with E-state index in [1.807, 2.05) is 45.9 Å². The molecule has 0 fully saturated rings. The molecule has 0 aliphatic carbocycles. The van der Waals surface area contributed by atoms with Crippen molar-refractivity contribution >= 4 is 11.6 Å². The fourth-order valence-electron chi connectivity index (χ4n) is 1.66. The zero-order valence-electron chi connectivity index (χ0n) is 12.2. The summed E-state index contributed by atoms with van der Waals surface area (Å²) in [4.78, 5) is 0. The van der Waals surface area contributed by atoms with E-state index in [1.54, 1.807) is 0 Å². The first-order valence-corrected chi connectivity index (χ1v) is 6.96. The molecule has 4 heteroatoms. The lowest BCUT2D eigenvalue weighted by atomic mass is 10.1. The highest BCUT2D eigenvalue weighted by Crippen LogP contribution is 2.26. The van der Waals surface area contributed by atoms with Crippen LogP contribution in [-0.2, 0) is 11.2 Å². The third-order valence-electron chi connectivity index (χ3n) is 2.43. The van der Waals surface area contributed by atoms with Crippen molar-refractivity contribution < 1.29 is 9.47 Å². The van der Waals surface area contributed by atoms with Gasteiger partial charge >= 0.3 is 0 Å². The van der Waals surface area contributed by atoms with Gasteiger partial charge in [0, 0.05) is 6.04 Å². The third kappa shape index (κ3) is 6.81. The SMILES string of the molecule is CC(N)Cc1ccc(OCCOC(C)(C)C)c(Cl)c1. The first kappa shape index (κ1) is 16.3. The maximum atomic E-state index is 6.18. The van der Waals surface area contributed by atoms with E-state index >= 15 is 0 Å². The number of nitrogens with two attached hydrogens (primary N) is 1. The van der Waals surface area contributed by atoms with Crippen molar-refractivity contribution in [3.8, 4) is 5.75 Å². The van der Waals surface area contributed by atoms with Gasteiger partial charge in [0.2, 0.25) is 0 Å². The molecule has 1 aromatic rings. The lowest BCUT2D eigenvalue weighted by Gasteiger charge is -2.19. The minimum Gasteiger partial charge on any atom is -0.490 e. The monoisotopic (exact) mass is 285 g/mol. The van der Waals surface area contributed by atoms with Gasteiger partial charge in [0.25, 0.3) is 0 Å². The molecule has 108 valence electrons. The summed E-state index contributed by atoms with van der Waals surface area (Å²) in [6, 6.07) is 5.92. The van der Waals surface area contributed by atoms with Crippen LogP contribution >= 0.6 is 11.6 Å². The van der Waals surface area contributed by atoms with Gasteiger partial charge in [0.15, 0.2) is 0 Å². The molecule has 1 atom stereocenters. The van der Waals surface area contributed by atoms with Gasteiger partial charge in [-0.2, -0.15) is 0 Å². The Labute approximate surface area is 121 Å². The second-order valence-corrected chi connectivity index (χ2v) is 6.16. The zero-order valence-corrected chi connectivity index (χ0v) is 13.0. The first-order chi connectivity index (χ1) is 8.78. The van der Waals surface area contributed by atoms with Gasteiger partial charge < -0.3 is 15.2 Å². The van der Waals surface area contributed by atoms with Crippen LogP contribution in [0.15, 0.2) is 18.2 Å². The summed E-state index contributed by atoms with van der Waals surface area (Å²) in [5.74, 6) is 0.688. The average molecular weight is 286 g/mol. The molecule has 0 spiro atoms. The number of rotatable bonds is 6. The molecule has 0 radical (unpaired) electrons. The quantitative estimate of drug-likeness (QED) is 0.815. The number of benzene rings is 1. The van der Waals surface area contributed by atoms with Gasteiger partial charge in [0.1, 0.15) is 12.4 Å². The molecule has 0 amide bonds. The molecule has 1 rings (SSSR count). The predicted octanol–water partition coefficient (Wildman–Crippen LogP) is 3.42. The standard InChI is InChI=1S/C15H24ClNO2/c1-11(17)9-12-5-6-14(13(16)10-12)18-7-8-19-15(2,3)4/h5-6,10-11H,7-9,17H2,1-4H3. The van der Waals surface area contributed by atoms with E-state index < -0.39 is 0 Å². The molecule has 0 heterocycles. The predicted molar refractivity (Wildman–Crippen MR) is 80.0 cm³/mol. The lowest BCUT2D eigenvalue weighted by Crippen LogP contribution is -2.22. The van der Waals surface area contributed by atoms with Crippen LogP contribution in [0.5, 0.6) is 5.75 Å². The number of hydrogen-bond donors (Lipinski definition) is 1. The van der Waals surface area contributed by atoms with Crippen molar-refractivity contribution in [3.63, 3.8) is 0 Å². The van der Waals surface area contributed by atoms with Crippen LogP contribution < -0.4 is 10.5 Å². The number of halogens is 1. The molecule has 1 unspecified atom stereocenters. The van der Waals surface area contributed by atoms with E-state index in [0.29, 0.717) is 24.0 Å². The molecule has 0 bridgehead atoms. The molecule has 0 saturated heterocycles. The highest BCUT2D eigenvalue weighted by Gasteiger charge is 2.10. The second-order valence-electron chi connectivity index (χ2n) is 5.76. The molecular weight excluding hydrogens is 262 g/mol. The summed E-state index contributed by atoms with van der Waals surface area (Å²) >= 11 is 6.18. The Hall–Kier alpha value is -0.770. The van der Waals surface area contributed by atoms with Crippen LogP contribution in [0.3, 0.4) is 0 Å². The molecule has 0 saturated carbocycles. The zero-order chi connectivity index (χ0) is 14.5. The maximum Gasteiger partial charge on any atom is 0.138 e. The van der Waals surface area contributed by atoms with Crippen LogP contribution in [0.1, 0.15) is 33.3 Å². The summed E-state index contributed by atoms with van der Waals surface area (Å²) < 4.78 is 11.2. The van der Waals surface area contributed by atoms with Crippen molar-refractivity contribution in [3.05, 3.63) is 28.8 Å². The summed E-state index contributed by atoms with van der Waals surface area (Å²) in [5, 5.41) is 0.619. The highest BCUT2D eigenvalue weighted by molar-refractivity contribution is 6.32. The van der Waals surface area contributed by atoms with Gasteiger partial charge in [-0.1, -0.05) is 17.7 Å².